The zero-order valence-corrected chi connectivity index (χ0v) is 14.7. The second kappa shape index (κ2) is 7.08. The van der Waals surface area contributed by atoms with E-state index in [4.69, 9.17) is 5.41 Å². The van der Waals surface area contributed by atoms with E-state index in [9.17, 15) is 15.8 Å². The molecule has 1 saturated carbocycles. The first-order valence-corrected chi connectivity index (χ1v) is 8.87. The molecule has 26 heavy (non-hydrogen) atoms. The number of hydrogen-bond donors (Lipinski definition) is 2. The number of nitrogens with one attached hydrogen (secondary N) is 2. The van der Waals surface area contributed by atoms with Gasteiger partial charge in [-0.1, -0.05) is 6.92 Å². The van der Waals surface area contributed by atoms with Crippen LogP contribution in [0.2, 0.25) is 0 Å². The van der Waals surface area contributed by atoms with Gasteiger partial charge in [-0.2, -0.15) is 15.8 Å². The Morgan fingerprint density at radius 2 is 1.96 bits per heavy atom. The largest absolute Gasteiger partial charge is 0.331 e. The van der Waals surface area contributed by atoms with Crippen LogP contribution in [-0.2, 0) is 0 Å². The molecule has 1 aliphatic carbocycles. The maximum atomic E-state index is 9.95. The average molecular weight is 345 g/mol. The molecule has 6 nitrogen and oxygen atoms in total. The fraction of sp³-hybridized carbons (Fsp3) is 0.450. The number of fused-ring (bicyclic) bond motifs is 1. The molecule has 1 aliphatic heterocycles. The smallest absolute Gasteiger partial charge is 0.189 e. The molecule has 0 amide bonds. The third kappa shape index (κ3) is 2.58. The molecule has 130 valence electrons. The molecular formula is C20H21N6+. The lowest BCUT2D eigenvalue weighted by Crippen LogP contribution is -3.13. The first kappa shape index (κ1) is 17.8. The quantitative estimate of drug-likeness (QED) is 0.802. The lowest BCUT2D eigenvalue weighted by molar-refractivity contribution is -0.899. The molecule has 0 bridgehead atoms. The van der Waals surface area contributed by atoms with Crippen molar-refractivity contribution in [2.75, 3.05) is 19.6 Å². The van der Waals surface area contributed by atoms with Crippen molar-refractivity contribution in [1.29, 1.82) is 21.2 Å². The number of nitriles is 3. The van der Waals surface area contributed by atoms with Gasteiger partial charge in [-0.25, -0.2) is 0 Å². The summed E-state index contributed by atoms with van der Waals surface area (Å²) in [5, 5.41) is 38.1. The molecule has 0 aromatic carbocycles. The van der Waals surface area contributed by atoms with Gasteiger partial charge in [0.2, 0.25) is 0 Å². The van der Waals surface area contributed by atoms with Gasteiger partial charge in [0.1, 0.15) is 5.92 Å². The summed E-state index contributed by atoms with van der Waals surface area (Å²) >= 11 is 0. The van der Waals surface area contributed by atoms with Crippen LogP contribution in [0.3, 0.4) is 0 Å². The minimum absolute atomic E-state index is 0.0896. The zero-order valence-electron chi connectivity index (χ0n) is 14.7. The van der Waals surface area contributed by atoms with Crippen molar-refractivity contribution < 1.29 is 4.90 Å². The molecule has 1 fully saturated rings. The third-order valence-corrected chi connectivity index (χ3v) is 5.63. The average Bonchev–Trinajstić information content (AvgIpc) is 2.68. The monoisotopic (exact) mass is 345 g/mol. The van der Waals surface area contributed by atoms with E-state index in [2.05, 4.69) is 36.2 Å². The number of rotatable bonds is 3. The van der Waals surface area contributed by atoms with E-state index in [0.29, 0.717) is 0 Å². The second-order valence-corrected chi connectivity index (χ2v) is 6.98. The SMILES string of the molecule is CCC[NH+]1CC=C2C(C#N)C(=N)C(C#N)(C#N)[C@@H](c3ccncc3)[C@@H]2C1. The first-order valence-electron chi connectivity index (χ1n) is 8.87. The van der Waals surface area contributed by atoms with Crippen molar-refractivity contribution in [2.45, 2.75) is 19.3 Å². The summed E-state index contributed by atoms with van der Waals surface area (Å²) in [6.07, 6.45) is 6.41. The number of pyridine rings is 1. The highest BCUT2D eigenvalue weighted by Gasteiger charge is 2.58. The van der Waals surface area contributed by atoms with E-state index in [1.54, 1.807) is 12.4 Å². The second-order valence-electron chi connectivity index (χ2n) is 6.98. The Kier molecular flexibility index (Phi) is 4.85. The number of hydrogen-bond acceptors (Lipinski definition) is 5. The Bertz CT molecular complexity index is 837. The first-order chi connectivity index (χ1) is 12.6. The highest BCUT2D eigenvalue weighted by molar-refractivity contribution is 6.00. The topological polar surface area (TPSA) is 113 Å². The maximum Gasteiger partial charge on any atom is 0.189 e. The summed E-state index contributed by atoms with van der Waals surface area (Å²) in [6.45, 7) is 4.73. The minimum Gasteiger partial charge on any atom is -0.331 e. The standard InChI is InChI=1S/C20H20N6/c1-2-8-26-9-5-15-16(10-21)19(24)20(12-22,13-23)18(17(15)11-26)14-3-6-25-7-4-14/h3-7,16-18,24H,2,8-9,11H2,1H3/p+1/t16?,17-,18+/m1/s1. The molecule has 3 rings (SSSR count). The normalized spacial score (nSPS) is 29.5. The molecule has 0 saturated heterocycles. The lowest BCUT2D eigenvalue weighted by atomic mass is 9.54. The summed E-state index contributed by atoms with van der Waals surface area (Å²) in [7, 11) is 0. The van der Waals surface area contributed by atoms with Crippen LogP contribution in [0.4, 0.5) is 0 Å². The molecule has 1 aromatic rings. The molecule has 2 aliphatic rings. The number of nitrogens with zero attached hydrogens (tertiary/aromatic N) is 4. The Hall–Kier alpha value is -3.01. The van der Waals surface area contributed by atoms with E-state index >= 15 is 0 Å². The predicted molar refractivity (Wildman–Crippen MR) is 94.9 cm³/mol. The summed E-state index contributed by atoms with van der Waals surface area (Å²) < 4.78 is 0. The van der Waals surface area contributed by atoms with Crippen molar-refractivity contribution in [3.63, 3.8) is 0 Å². The Labute approximate surface area is 153 Å². The fourth-order valence-corrected chi connectivity index (χ4v) is 4.47. The van der Waals surface area contributed by atoms with Crippen molar-refractivity contribution >= 4 is 5.71 Å². The van der Waals surface area contributed by atoms with Crippen molar-refractivity contribution in [2.24, 2.45) is 17.3 Å². The van der Waals surface area contributed by atoms with Gasteiger partial charge >= 0.3 is 0 Å². The molecular weight excluding hydrogens is 324 g/mol. The molecule has 2 unspecified atom stereocenters. The van der Waals surface area contributed by atoms with Gasteiger partial charge in [-0.3, -0.25) is 4.98 Å². The Morgan fingerprint density at radius 1 is 1.27 bits per heavy atom. The van der Waals surface area contributed by atoms with Crippen LogP contribution in [0.1, 0.15) is 24.8 Å². The summed E-state index contributed by atoms with van der Waals surface area (Å²) in [6, 6.07) is 10.0. The maximum absolute atomic E-state index is 9.95. The Morgan fingerprint density at radius 3 is 2.54 bits per heavy atom. The summed E-state index contributed by atoms with van der Waals surface area (Å²) in [5.41, 5.74) is 0.0183. The Balaban J connectivity index is 2.20. The zero-order chi connectivity index (χ0) is 18.7. The van der Waals surface area contributed by atoms with Crippen LogP contribution in [-0.4, -0.2) is 30.3 Å². The van der Waals surface area contributed by atoms with Gasteiger partial charge in [-0.05, 0) is 35.8 Å². The third-order valence-electron chi connectivity index (χ3n) is 5.63. The van der Waals surface area contributed by atoms with Gasteiger partial charge in [0, 0.05) is 24.2 Å². The molecule has 2 heterocycles. The highest BCUT2D eigenvalue weighted by atomic mass is 15.1. The van der Waals surface area contributed by atoms with Crippen LogP contribution >= 0.6 is 0 Å². The van der Waals surface area contributed by atoms with Crippen LogP contribution in [0.25, 0.3) is 0 Å². The van der Waals surface area contributed by atoms with E-state index in [1.807, 2.05) is 12.1 Å². The van der Waals surface area contributed by atoms with Gasteiger partial charge in [0.15, 0.2) is 5.41 Å². The van der Waals surface area contributed by atoms with E-state index in [0.717, 1.165) is 37.2 Å². The van der Waals surface area contributed by atoms with Crippen molar-refractivity contribution in [3.8, 4) is 18.2 Å². The summed E-state index contributed by atoms with van der Waals surface area (Å²) in [4.78, 5) is 5.43. The molecule has 6 heteroatoms. The molecule has 0 spiro atoms. The lowest BCUT2D eigenvalue weighted by Gasteiger charge is -2.46. The van der Waals surface area contributed by atoms with E-state index < -0.39 is 17.3 Å². The number of quaternary nitrogens is 1. The van der Waals surface area contributed by atoms with Crippen LogP contribution in [0.15, 0.2) is 36.2 Å². The van der Waals surface area contributed by atoms with Gasteiger partial charge in [0.05, 0.1) is 43.6 Å². The van der Waals surface area contributed by atoms with Crippen LogP contribution < -0.4 is 4.90 Å². The molecule has 0 radical (unpaired) electrons. The molecule has 4 atom stereocenters. The molecule has 1 aromatic heterocycles. The van der Waals surface area contributed by atoms with Gasteiger partial charge in [-0.15, -0.1) is 0 Å². The van der Waals surface area contributed by atoms with Crippen molar-refractivity contribution in [1.82, 2.24) is 4.98 Å². The van der Waals surface area contributed by atoms with Crippen LogP contribution in [0.5, 0.6) is 0 Å². The summed E-state index contributed by atoms with van der Waals surface area (Å²) in [5.74, 6) is -1.36. The van der Waals surface area contributed by atoms with Crippen molar-refractivity contribution in [3.05, 3.63) is 41.7 Å². The van der Waals surface area contributed by atoms with Gasteiger partial charge < -0.3 is 10.3 Å². The fourth-order valence-electron chi connectivity index (χ4n) is 4.47. The number of aromatic nitrogens is 1. The molecule has 2 N–H and O–H groups in total. The highest BCUT2D eigenvalue weighted by Crippen LogP contribution is 2.52. The predicted octanol–water partition coefficient (Wildman–Crippen LogP) is 1.22. The van der Waals surface area contributed by atoms with E-state index in [1.165, 1.54) is 4.90 Å². The van der Waals surface area contributed by atoms with Crippen LogP contribution in [0, 0.1) is 56.7 Å². The van der Waals surface area contributed by atoms with Gasteiger partial charge in [0.25, 0.3) is 0 Å². The minimum atomic E-state index is -1.63. The van der Waals surface area contributed by atoms with E-state index in [-0.39, 0.29) is 11.6 Å².